The molecule has 264 valence electrons. The predicted molar refractivity (Wildman–Crippen MR) is 219 cm³/mol. The van der Waals surface area contributed by atoms with Crippen molar-refractivity contribution in [1.29, 1.82) is 0 Å². The molecular formula is C50H35N3OPt+2. The molecule has 0 amide bonds. The molecule has 0 fully saturated rings. The Kier molecular flexibility index (Phi) is 7.36. The summed E-state index contributed by atoms with van der Waals surface area (Å²) in [6, 6.07) is 42.8. The number of imidazole rings is 1. The smallest absolute Gasteiger partial charge is 0.503 e. The first-order chi connectivity index (χ1) is 30.8. The summed E-state index contributed by atoms with van der Waals surface area (Å²) >= 11 is 0. The molecular weight excluding hydrogens is 854 g/mol. The number of benzene rings is 8. The first kappa shape index (κ1) is 25.5. The molecule has 1 aromatic heterocycles. The van der Waals surface area contributed by atoms with E-state index in [4.69, 9.17) is 18.4 Å². The van der Waals surface area contributed by atoms with Gasteiger partial charge in [-0.2, -0.15) is 12.1 Å². The van der Waals surface area contributed by atoms with Gasteiger partial charge in [-0.05, 0) is 46.1 Å². The van der Waals surface area contributed by atoms with Crippen molar-refractivity contribution < 1.29 is 44.1 Å². The number of anilines is 2. The fourth-order valence-corrected chi connectivity index (χ4v) is 6.56. The SMILES string of the molecule is [2H]c1c([2H])c([2H])c(-c2cccc(-c3c([2H])c([2H])c([2H])c([2H])c3[2H])c2-[n+]2[c-]n(-c3[c-]c(Oc4[c-]c(-c5ccccc5N(C)c5ccccc5)ccc4)ccc3)c3ccccc32)c([2H])c1[2H].[Pt+4]. The van der Waals surface area contributed by atoms with Crippen LogP contribution < -0.4 is 14.2 Å². The third-order valence-electron chi connectivity index (χ3n) is 9.04. The molecule has 1 heterocycles. The Morgan fingerprint density at radius 2 is 1.16 bits per heavy atom. The zero-order valence-electron chi connectivity index (χ0n) is 39.3. The van der Waals surface area contributed by atoms with Crippen LogP contribution in [0.2, 0.25) is 0 Å². The second-order valence-corrected chi connectivity index (χ2v) is 12.3. The third-order valence-corrected chi connectivity index (χ3v) is 9.04. The Labute approximate surface area is 350 Å². The van der Waals surface area contributed by atoms with Crippen molar-refractivity contribution in [2.45, 2.75) is 0 Å². The van der Waals surface area contributed by atoms with Crippen LogP contribution in [0, 0.1) is 18.5 Å². The van der Waals surface area contributed by atoms with Gasteiger partial charge in [-0.1, -0.05) is 151 Å². The first-order valence-electron chi connectivity index (χ1n) is 22.2. The van der Waals surface area contributed by atoms with Crippen molar-refractivity contribution in [2.75, 3.05) is 11.9 Å². The Hall–Kier alpha value is -6.48. The summed E-state index contributed by atoms with van der Waals surface area (Å²) < 4.78 is 96.2. The predicted octanol–water partition coefficient (Wildman–Crippen LogP) is 11.9. The van der Waals surface area contributed by atoms with Crippen molar-refractivity contribution in [3.63, 3.8) is 0 Å². The number of fused-ring (bicyclic) bond motifs is 1. The van der Waals surface area contributed by atoms with Crippen LogP contribution in [0.3, 0.4) is 0 Å². The topological polar surface area (TPSA) is 21.3 Å². The molecule has 0 bridgehead atoms. The molecule has 0 radical (unpaired) electrons. The molecule has 0 saturated heterocycles. The Morgan fingerprint density at radius 3 is 1.89 bits per heavy atom. The minimum Gasteiger partial charge on any atom is -0.503 e. The fourth-order valence-electron chi connectivity index (χ4n) is 6.56. The summed E-state index contributed by atoms with van der Waals surface area (Å²) in [6.45, 7) is 0. The second kappa shape index (κ2) is 15.9. The number of rotatable bonds is 9. The van der Waals surface area contributed by atoms with Gasteiger partial charge in [-0.15, -0.1) is 35.9 Å². The zero-order valence-corrected chi connectivity index (χ0v) is 31.5. The molecule has 0 aliphatic rings. The van der Waals surface area contributed by atoms with E-state index in [1.54, 1.807) is 51.6 Å². The van der Waals surface area contributed by atoms with Crippen molar-refractivity contribution in [2.24, 2.45) is 0 Å². The molecule has 0 unspecified atom stereocenters. The van der Waals surface area contributed by atoms with E-state index in [1.807, 2.05) is 92.0 Å². The first-order valence-corrected chi connectivity index (χ1v) is 17.2. The summed E-state index contributed by atoms with van der Waals surface area (Å²) in [5.41, 5.74) is 5.67. The van der Waals surface area contributed by atoms with Crippen LogP contribution in [0.25, 0.3) is 55.8 Å². The van der Waals surface area contributed by atoms with E-state index in [-0.39, 0.29) is 49.0 Å². The van der Waals surface area contributed by atoms with Crippen LogP contribution in [-0.2, 0) is 21.1 Å². The number of aromatic nitrogens is 2. The summed E-state index contributed by atoms with van der Waals surface area (Å²) in [5.74, 6) is 0.827. The minimum atomic E-state index is -0.569. The summed E-state index contributed by atoms with van der Waals surface area (Å²) in [7, 11) is 2.02. The van der Waals surface area contributed by atoms with Crippen molar-refractivity contribution in [1.82, 2.24) is 4.57 Å². The normalized spacial score (nSPS) is 13.4. The van der Waals surface area contributed by atoms with Crippen LogP contribution in [0.4, 0.5) is 11.4 Å². The van der Waals surface area contributed by atoms with E-state index >= 15 is 0 Å². The largest absolute Gasteiger partial charge is 4.00 e. The van der Waals surface area contributed by atoms with Gasteiger partial charge in [-0.25, -0.2) is 0 Å². The maximum Gasteiger partial charge on any atom is 4.00 e. The maximum absolute atomic E-state index is 8.95. The number of hydrogen-bond acceptors (Lipinski definition) is 2. The van der Waals surface area contributed by atoms with Crippen LogP contribution in [0.15, 0.2) is 194 Å². The number of ether oxygens (including phenoxy) is 1. The molecule has 9 aromatic rings. The van der Waals surface area contributed by atoms with Gasteiger partial charge in [0.2, 0.25) is 0 Å². The molecule has 0 spiro atoms. The molecule has 0 aliphatic carbocycles. The molecule has 55 heavy (non-hydrogen) atoms. The number of hydrogen-bond donors (Lipinski definition) is 0. The van der Waals surface area contributed by atoms with E-state index in [0.717, 1.165) is 22.5 Å². The van der Waals surface area contributed by atoms with Gasteiger partial charge in [0.25, 0.3) is 6.33 Å². The van der Waals surface area contributed by atoms with Crippen LogP contribution >= 0.6 is 0 Å². The van der Waals surface area contributed by atoms with Gasteiger partial charge in [0, 0.05) is 29.9 Å². The third kappa shape index (κ3) is 7.13. The summed E-state index contributed by atoms with van der Waals surface area (Å²) in [5, 5.41) is 0. The molecule has 0 aliphatic heterocycles. The van der Waals surface area contributed by atoms with E-state index in [9.17, 15) is 0 Å². The van der Waals surface area contributed by atoms with Crippen molar-refractivity contribution >= 4 is 22.4 Å². The van der Waals surface area contributed by atoms with Crippen LogP contribution in [-0.4, -0.2) is 11.6 Å². The zero-order chi connectivity index (χ0) is 45.0. The molecule has 0 N–H and O–H groups in total. The van der Waals surface area contributed by atoms with Gasteiger partial charge >= 0.3 is 21.1 Å². The summed E-state index contributed by atoms with van der Waals surface area (Å²) in [6.07, 6.45) is 3.38. The van der Waals surface area contributed by atoms with E-state index in [1.165, 1.54) is 0 Å². The Bertz CT molecular complexity index is 3160. The van der Waals surface area contributed by atoms with Gasteiger partial charge in [0.15, 0.2) is 0 Å². The van der Waals surface area contributed by atoms with Crippen molar-refractivity contribution in [3.8, 4) is 56.3 Å². The van der Waals surface area contributed by atoms with Gasteiger partial charge < -0.3 is 14.2 Å². The molecule has 4 nitrogen and oxygen atoms in total. The van der Waals surface area contributed by atoms with Crippen LogP contribution in [0.1, 0.15) is 13.7 Å². The van der Waals surface area contributed by atoms with Crippen LogP contribution in [0.5, 0.6) is 11.5 Å². The van der Waals surface area contributed by atoms with Gasteiger partial charge in [-0.3, -0.25) is 4.57 Å². The standard InChI is InChI=1S/C50H35N3O.Pt/c1-51(40-23-9-4-10-24-40)47-31-12-11-28-44(47)39-22-15-26-42(34-39)54-43-27-16-25-41(35-43)52-36-53(49-33-14-13-32-48(49)52)50-45(37-18-5-2-6-19-37)29-17-30-46(50)38-20-7-3-8-21-38;/h2-33H,1H3;/q-2;+4/i2D,3D,5D,6D,7D,8D,18D,19D,20D,21D;. The maximum atomic E-state index is 8.95. The molecule has 0 saturated carbocycles. The molecule has 8 aromatic carbocycles. The van der Waals surface area contributed by atoms with Gasteiger partial charge in [0.05, 0.1) is 30.4 Å². The van der Waals surface area contributed by atoms with Gasteiger partial charge in [0.1, 0.15) is 0 Å². The minimum absolute atomic E-state index is 0. The van der Waals surface area contributed by atoms with E-state index in [2.05, 4.69) is 29.4 Å². The monoisotopic (exact) mass is 898 g/mol. The Balaban J connectivity index is 0.00000576. The fraction of sp³-hybridized carbons (Fsp3) is 0.0200. The Morgan fingerprint density at radius 1 is 0.582 bits per heavy atom. The quantitative estimate of drug-likeness (QED) is 0.106. The number of para-hydroxylation sites is 5. The summed E-state index contributed by atoms with van der Waals surface area (Å²) in [4.78, 5) is 2.12. The molecule has 5 heteroatoms. The molecule has 0 atom stereocenters. The molecule has 9 rings (SSSR count). The average molecular weight is 899 g/mol. The van der Waals surface area contributed by atoms with E-state index in [0.29, 0.717) is 28.2 Å². The number of nitrogens with zero attached hydrogens (tertiary/aromatic N) is 3. The second-order valence-electron chi connectivity index (χ2n) is 12.3. The van der Waals surface area contributed by atoms with E-state index < -0.39 is 60.4 Å². The average Bonchev–Trinajstić information content (AvgIpc) is 3.71. The van der Waals surface area contributed by atoms with Crippen molar-refractivity contribution in [3.05, 3.63) is 212 Å².